The number of amides is 1. The minimum absolute atomic E-state index is 0.0607. The number of alkyl halides is 3. The van der Waals surface area contributed by atoms with Crippen LogP contribution in [0, 0.1) is 0 Å². The number of anilines is 1. The second-order valence-corrected chi connectivity index (χ2v) is 11.4. The minimum atomic E-state index is -4.76. The number of fused-ring (bicyclic) bond motifs is 3. The number of hydrogen-bond donors (Lipinski definition) is 1. The highest BCUT2D eigenvalue weighted by Gasteiger charge is 2.36. The monoisotopic (exact) mass is 592 g/mol. The summed E-state index contributed by atoms with van der Waals surface area (Å²) in [7, 11) is 0. The summed E-state index contributed by atoms with van der Waals surface area (Å²) >= 11 is 1.30. The first kappa shape index (κ1) is 27.9. The fourth-order valence-electron chi connectivity index (χ4n) is 5.28. The average Bonchev–Trinajstić information content (AvgIpc) is 3.57. The maximum Gasteiger partial charge on any atom is 0.433 e. The van der Waals surface area contributed by atoms with Gasteiger partial charge in [0.25, 0.3) is 5.91 Å². The standard InChI is InChI=1S/C31H27F3N4O3S/c1-3-17(2)41-30(40)26-21-12-6-7-14-24(21)42-29(26)37-28(39)22-16-35-38-25(31(32,33)34)15-23(36-27(22)38)20-13-8-10-18-9-4-5-11-19(18)20/h4-5,8-11,13,15-17H,3,6-7,12,14H2,1-2H3,(H,37,39). The molecule has 3 aromatic heterocycles. The third-order valence-electron chi connectivity index (χ3n) is 7.56. The molecule has 0 spiro atoms. The van der Waals surface area contributed by atoms with Crippen molar-refractivity contribution < 1.29 is 27.5 Å². The zero-order chi connectivity index (χ0) is 29.6. The molecule has 0 radical (unpaired) electrons. The maximum atomic E-state index is 14.3. The Morgan fingerprint density at radius 3 is 2.67 bits per heavy atom. The fourth-order valence-corrected chi connectivity index (χ4v) is 6.55. The summed E-state index contributed by atoms with van der Waals surface area (Å²) < 4.78 is 49.0. The Morgan fingerprint density at radius 2 is 1.88 bits per heavy atom. The highest BCUT2D eigenvalue weighted by molar-refractivity contribution is 7.17. The van der Waals surface area contributed by atoms with Crippen molar-refractivity contribution in [3.8, 4) is 11.3 Å². The molecule has 0 saturated heterocycles. The van der Waals surface area contributed by atoms with Gasteiger partial charge in [0, 0.05) is 10.4 Å². The number of hydrogen-bond acceptors (Lipinski definition) is 6. The lowest BCUT2D eigenvalue weighted by Gasteiger charge is -2.15. The van der Waals surface area contributed by atoms with Gasteiger partial charge in [0.05, 0.1) is 23.6 Å². The minimum Gasteiger partial charge on any atom is -0.459 e. The molecule has 1 aliphatic rings. The van der Waals surface area contributed by atoms with E-state index in [2.05, 4.69) is 15.4 Å². The molecule has 0 fully saturated rings. The number of carbonyl (C=O) groups excluding carboxylic acids is 2. The van der Waals surface area contributed by atoms with Gasteiger partial charge in [0.15, 0.2) is 11.3 Å². The van der Waals surface area contributed by atoms with Crippen LogP contribution in [-0.2, 0) is 23.8 Å². The van der Waals surface area contributed by atoms with Crippen molar-refractivity contribution in [3.05, 3.63) is 82.0 Å². The number of nitrogens with zero attached hydrogens (tertiary/aromatic N) is 3. The zero-order valence-electron chi connectivity index (χ0n) is 22.9. The molecule has 0 saturated carbocycles. The molecule has 42 heavy (non-hydrogen) atoms. The summed E-state index contributed by atoms with van der Waals surface area (Å²) in [6.07, 6.45) is -0.0165. The SMILES string of the molecule is CCC(C)OC(=O)c1c(NC(=O)c2cnn3c(C(F)(F)F)cc(-c4cccc5ccccc45)nc23)sc2c1CCCC2. The molecule has 2 aromatic carbocycles. The van der Waals surface area contributed by atoms with Crippen molar-refractivity contribution in [2.45, 2.75) is 58.2 Å². The third kappa shape index (κ3) is 5.02. The molecule has 7 nitrogen and oxygen atoms in total. The molecule has 1 unspecified atom stereocenters. The number of benzene rings is 2. The van der Waals surface area contributed by atoms with Crippen LogP contribution in [0.5, 0.6) is 0 Å². The van der Waals surface area contributed by atoms with Crippen LogP contribution in [0.1, 0.15) is 70.0 Å². The highest BCUT2D eigenvalue weighted by Crippen LogP contribution is 2.40. The summed E-state index contributed by atoms with van der Waals surface area (Å²) in [5, 5.41) is 8.58. The first-order valence-corrected chi connectivity index (χ1v) is 14.6. The topological polar surface area (TPSA) is 85.6 Å². The summed E-state index contributed by atoms with van der Waals surface area (Å²) in [5.74, 6) is -1.23. The molecule has 1 atom stereocenters. The van der Waals surface area contributed by atoms with E-state index in [1.54, 1.807) is 25.1 Å². The van der Waals surface area contributed by atoms with Crippen LogP contribution >= 0.6 is 11.3 Å². The Morgan fingerprint density at radius 1 is 1.12 bits per heavy atom. The van der Waals surface area contributed by atoms with E-state index in [9.17, 15) is 22.8 Å². The predicted octanol–water partition coefficient (Wildman–Crippen LogP) is 7.72. The van der Waals surface area contributed by atoms with Crippen LogP contribution in [0.2, 0.25) is 0 Å². The van der Waals surface area contributed by atoms with E-state index in [0.717, 1.165) is 52.7 Å². The first-order valence-electron chi connectivity index (χ1n) is 13.8. The van der Waals surface area contributed by atoms with E-state index in [4.69, 9.17) is 4.74 Å². The summed E-state index contributed by atoms with van der Waals surface area (Å²) in [4.78, 5) is 32.4. The van der Waals surface area contributed by atoms with Crippen LogP contribution in [0.4, 0.5) is 18.2 Å². The molecule has 3 heterocycles. The van der Waals surface area contributed by atoms with Gasteiger partial charge in [0.2, 0.25) is 0 Å². The molecule has 0 aliphatic heterocycles. The van der Waals surface area contributed by atoms with E-state index < -0.39 is 23.7 Å². The Bertz CT molecular complexity index is 1840. The van der Waals surface area contributed by atoms with Crippen LogP contribution < -0.4 is 5.32 Å². The van der Waals surface area contributed by atoms with Gasteiger partial charge in [-0.05, 0) is 61.4 Å². The molecule has 1 N–H and O–H groups in total. The Hall–Kier alpha value is -4.25. The van der Waals surface area contributed by atoms with Crippen molar-refractivity contribution in [2.24, 2.45) is 0 Å². The average molecular weight is 593 g/mol. The highest BCUT2D eigenvalue weighted by atomic mass is 32.1. The van der Waals surface area contributed by atoms with Crippen LogP contribution in [0.25, 0.3) is 27.7 Å². The van der Waals surface area contributed by atoms with Crippen molar-refractivity contribution in [3.63, 3.8) is 0 Å². The molecule has 5 aromatic rings. The number of ether oxygens (including phenoxy) is 1. The molecular weight excluding hydrogens is 565 g/mol. The van der Waals surface area contributed by atoms with Crippen LogP contribution in [-0.4, -0.2) is 32.6 Å². The smallest absolute Gasteiger partial charge is 0.433 e. The number of aromatic nitrogens is 3. The summed E-state index contributed by atoms with van der Waals surface area (Å²) in [6.45, 7) is 3.70. The lowest BCUT2D eigenvalue weighted by Crippen LogP contribution is -2.19. The van der Waals surface area contributed by atoms with Gasteiger partial charge in [-0.15, -0.1) is 11.3 Å². The van der Waals surface area contributed by atoms with Gasteiger partial charge in [-0.3, -0.25) is 4.79 Å². The number of nitrogens with one attached hydrogen (secondary N) is 1. The third-order valence-corrected chi connectivity index (χ3v) is 8.77. The number of esters is 1. The predicted molar refractivity (Wildman–Crippen MR) is 155 cm³/mol. The Kier molecular flexibility index (Phi) is 7.22. The summed E-state index contributed by atoms with van der Waals surface area (Å²) in [6, 6.07) is 13.6. The molecule has 0 bridgehead atoms. The van der Waals surface area contributed by atoms with E-state index in [-0.39, 0.29) is 23.0 Å². The molecule has 1 amide bonds. The first-order chi connectivity index (χ1) is 20.2. The lowest BCUT2D eigenvalue weighted by atomic mass is 9.95. The van der Waals surface area contributed by atoms with Crippen molar-refractivity contribution >= 4 is 44.6 Å². The van der Waals surface area contributed by atoms with Gasteiger partial charge in [-0.1, -0.05) is 49.4 Å². The van der Waals surface area contributed by atoms with Gasteiger partial charge >= 0.3 is 12.1 Å². The quantitative estimate of drug-likeness (QED) is 0.204. The maximum absolute atomic E-state index is 14.3. The largest absolute Gasteiger partial charge is 0.459 e. The van der Waals surface area contributed by atoms with Crippen molar-refractivity contribution in [1.29, 1.82) is 0 Å². The summed E-state index contributed by atoms with van der Waals surface area (Å²) in [5.41, 5.74) is 0.301. The van der Waals surface area contributed by atoms with E-state index in [0.29, 0.717) is 33.5 Å². The van der Waals surface area contributed by atoms with Crippen LogP contribution in [0.15, 0.2) is 54.7 Å². The van der Waals surface area contributed by atoms with Gasteiger partial charge in [-0.2, -0.15) is 18.3 Å². The van der Waals surface area contributed by atoms with Gasteiger partial charge in [0.1, 0.15) is 10.6 Å². The normalized spacial score (nSPS) is 14.1. The Labute approximate surface area is 243 Å². The van der Waals surface area contributed by atoms with Crippen molar-refractivity contribution in [2.75, 3.05) is 5.32 Å². The van der Waals surface area contributed by atoms with Crippen LogP contribution in [0.3, 0.4) is 0 Å². The Balaban J connectivity index is 1.45. The number of halogens is 3. The van der Waals surface area contributed by atoms with E-state index in [1.807, 2.05) is 31.2 Å². The number of rotatable bonds is 6. The van der Waals surface area contributed by atoms with Crippen molar-refractivity contribution in [1.82, 2.24) is 14.6 Å². The molecule has 6 rings (SSSR count). The zero-order valence-corrected chi connectivity index (χ0v) is 23.7. The lowest BCUT2D eigenvalue weighted by molar-refractivity contribution is -0.142. The van der Waals surface area contributed by atoms with E-state index >= 15 is 0 Å². The second-order valence-electron chi connectivity index (χ2n) is 10.3. The van der Waals surface area contributed by atoms with Gasteiger partial charge < -0.3 is 10.1 Å². The second kappa shape index (κ2) is 10.9. The molecule has 1 aliphatic carbocycles. The molecule has 216 valence electrons. The number of aryl methyl sites for hydroxylation is 1. The fraction of sp³-hybridized carbons (Fsp3) is 0.290. The number of carbonyl (C=O) groups is 2. The van der Waals surface area contributed by atoms with Gasteiger partial charge in [-0.25, -0.2) is 14.3 Å². The molecular formula is C31H27F3N4O3S. The number of thiophene rings is 1. The van der Waals surface area contributed by atoms with E-state index in [1.165, 1.54) is 11.3 Å². The molecule has 11 heteroatoms.